The van der Waals surface area contributed by atoms with Crippen LogP contribution < -0.4 is 10.6 Å². The lowest BCUT2D eigenvalue weighted by Crippen LogP contribution is -2.40. The van der Waals surface area contributed by atoms with Gasteiger partial charge in [0.15, 0.2) is 0 Å². The maximum Gasteiger partial charge on any atom is 0.233 e. The first-order valence-corrected chi connectivity index (χ1v) is 5.93. The SMILES string of the molecule is CC(C)CCNC(=O)CNC(C)C(C)C. The molecule has 0 aromatic carbocycles. The van der Waals surface area contributed by atoms with Crippen molar-refractivity contribution in [1.29, 1.82) is 0 Å². The summed E-state index contributed by atoms with van der Waals surface area (Å²) < 4.78 is 0. The third-order valence-corrected chi connectivity index (χ3v) is 2.63. The van der Waals surface area contributed by atoms with Gasteiger partial charge in [-0.05, 0) is 25.2 Å². The Bertz CT molecular complexity index is 178. The smallest absolute Gasteiger partial charge is 0.233 e. The van der Waals surface area contributed by atoms with Gasteiger partial charge in [0, 0.05) is 12.6 Å². The van der Waals surface area contributed by atoms with Gasteiger partial charge in [-0.2, -0.15) is 0 Å². The first-order chi connectivity index (χ1) is 6.93. The molecule has 1 amide bonds. The molecule has 15 heavy (non-hydrogen) atoms. The predicted octanol–water partition coefficient (Wildman–Crippen LogP) is 1.78. The first kappa shape index (κ1) is 14.4. The molecule has 0 heterocycles. The zero-order valence-corrected chi connectivity index (χ0v) is 10.8. The molecule has 0 aliphatic rings. The fourth-order valence-corrected chi connectivity index (χ4v) is 1.05. The molecule has 2 N–H and O–H groups in total. The van der Waals surface area contributed by atoms with Crippen molar-refractivity contribution in [3.63, 3.8) is 0 Å². The third kappa shape index (κ3) is 8.43. The van der Waals surface area contributed by atoms with Crippen molar-refractivity contribution in [3.05, 3.63) is 0 Å². The van der Waals surface area contributed by atoms with Gasteiger partial charge < -0.3 is 10.6 Å². The number of carbonyl (C=O) groups is 1. The van der Waals surface area contributed by atoms with E-state index >= 15 is 0 Å². The summed E-state index contributed by atoms with van der Waals surface area (Å²) in [5.74, 6) is 1.31. The van der Waals surface area contributed by atoms with Crippen molar-refractivity contribution in [2.24, 2.45) is 11.8 Å². The van der Waals surface area contributed by atoms with E-state index < -0.39 is 0 Å². The lowest BCUT2D eigenvalue weighted by atomic mass is 10.1. The second kappa shape index (κ2) is 7.69. The zero-order chi connectivity index (χ0) is 11.8. The minimum absolute atomic E-state index is 0.100. The molecule has 0 aromatic heterocycles. The summed E-state index contributed by atoms with van der Waals surface area (Å²) in [7, 11) is 0. The van der Waals surface area contributed by atoms with E-state index in [0.29, 0.717) is 24.4 Å². The molecule has 3 nitrogen and oxygen atoms in total. The van der Waals surface area contributed by atoms with Gasteiger partial charge in [-0.15, -0.1) is 0 Å². The van der Waals surface area contributed by atoms with E-state index in [1.165, 1.54) is 0 Å². The van der Waals surface area contributed by atoms with Crippen molar-refractivity contribution in [2.75, 3.05) is 13.1 Å². The van der Waals surface area contributed by atoms with Crippen LogP contribution in [0.2, 0.25) is 0 Å². The van der Waals surface area contributed by atoms with Crippen LogP contribution in [0, 0.1) is 11.8 Å². The van der Waals surface area contributed by atoms with Crippen LogP contribution in [0.3, 0.4) is 0 Å². The van der Waals surface area contributed by atoms with Crippen LogP contribution in [0.1, 0.15) is 41.0 Å². The standard InChI is InChI=1S/C12H26N2O/c1-9(2)6-7-13-12(15)8-14-11(5)10(3)4/h9-11,14H,6-8H2,1-5H3,(H,13,15). The van der Waals surface area contributed by atoms with E-state index in [1.54, 1.807) is 0 Å². The number of carbonyl (C=O) groups excluding carboxylic acids is 1. The Labute approximate surface area is 94.0 Å². The quantitative estimate of drug-likeness (QED) is 0.678. The van der Waals surface area contributed by atoms with Crippen molar-refractivity contribution < 1.29 is 4.79 Å². The summed E-state index contributed by atoms with van der Waals surface area (Å²) in [4.78, 5) is 11.4. The van der Waals surface area contributed by atoms with Crippen LogP contribution in [0.15, 0.2) is 0 Å². The van der Waals surface area contributed by atoms with Crippen molar-refractivity contribution in [3.8, 4) is 0 Å². The molecule has 0 aromatic rings. The molecule has 0 fully saturated rings. The van der Waals surface area contributed by atoms with Gasteiger partial charge in [0.25, 0.3) is 0 Å². The van der Waals surface area contributed by atoms with Crippen LogP contribution in [-0.4, -0.2) is 25.0 Å². The Morgan fingerprint density at radius 1 is 1.13 bits per heavy atom. The Morgan fingerprint density at radius 3 is 2.20 bits per heavy atom. The first-order valence-electron chi connectivity index (χ1n) is 5.93. The van der Waals surface area contributed by atoms with Crippen molar-refractivity contribution in [2.45, 2.75) is 47.1 Å². The average molecular weight is 214 g/mol. The highest BCUT2D eigenvalue weighted by Gasteiger charge is 2.08. The van der Waals surface area contributed by atoms with Crippen LogP contribution in [0.5, 0.6) is 0 Å². The number of amides is 1. The molecule has 90 valence electrons. The highest BCUT2D eigenvalue weighted by molar-refractivity contribution is 5.77. The van der Waals surface area contributed by atoms with Gasteiger partial charge in [-0.1, -0.05) is 27.7 Å². The van der Waals surface area contributed by atoms with E-state index in [1.807, 2.05) is 0 Å². The molecule has 0 aliphatic carbocycles. The second-order valence-corrected chi connectivity index (χ2v) is 4.95. The van der Waals surface area contributed by atoms with Gasteiger partial charge in [-0.25, -0.2) is 0 Å². The van der Waals surface area contributed by atoms with E-state index in [4.69, 9.17) is 0 Å². The normalized spacial score (nSPS) is 13.3. The molecule has 0 spiro atoms. The lowest BCUT2D eigenvalue weighted by Gasteiger charge is -2.17. The molecule has 3 heteroatoms. The van der Waals surface area contributed by atoms with Gasteiger partial charge in [0.2, 0.25) is 5.91 Å². The second-order valence-electron chi connectivity index (χ2n) is 4.95. The topological polar surface area (TPSA) is 41.1 Å². The Balaban J connectivity index is 3.49. The summed E-state index contributed by atoms with van der Waals surface area (Å²) in [5, 5.41) is 6.11. The summed E-state index contributed by atoms with van der Waals surface area (Å²) >= 11 is 0. The largest absolute Gasteiger partial charge is 0.355 e. The molecular formula is C12H26N2O. The molecule has 0 rings (SSSR count). The fourth-order valence-electron chi connectivity index (χ4n) is 1.05. The van der Waals surface area contributed by atoms with Gasteiger partial charge >= 0.3 is 0 Å². The fraction of sp³-hybridized carbons (Fsp3) is 0.917. The zero-order valence-electron chi connectivity index (χ0n) is 10.8. The Kier molecular flexibility index (Phi) is 7.39. The van der Waals surface area contributed by atoms with Crippen LogP contribution in [0.4, 0.5) is 0 Å². The molecule has 1 atom stereocenters. The molecule has 0 radical (unpaired) electrons. The summed E-state index contributed by atoms with van der Waals surface area (Å²) in [6.07, 6.45) is 1.05. The van der Waals surface area contributed by atoms with E-state index in [9.17, 15) is 4.79 Å². The van der Waals surface area contributed by atoms with Crippen molar-refractivity contribution >= 4 is 5.91 Å². The van der Waals surface area contributed by atoms with Crippen LogP contribution in [-0.2, 0) is 4.79 Å². The average Bonchev–Trinajstić information content (AvgIpc) is 2.13. The third-order valence-electron chi connectivity index (χ3n) is 2.63. The predicted molar refractivity (Wildman–Crippen MR) is 64.8 cm³/mol. The Morgan fingerprint density at radius 2 is 1.73 bits per heavy atom. The van der Waals surface area contributed by atoms with Crippen LogP contribution >= 0.6 is 0 Å². The Hall–Kier alpha value is -0.570. The maximum atomic E-state index is 11.4. The minimum atomic E-state index is 0.100. The van der Waals surface area contributed by atoms with Gasteiger partial charge in [-0.3, -0.25) is 4.79 Å². The van der Waals surface area contributed by atoms with Gasteiger partial charge in [0.1, 0.15) is 0 Å². The van der Waals surface area contributed by atoms with E-state index in [2.05, 4.69) is 45.3 Å². The van der Waals surface area contributed by atoms with Crippen LogP contribution in [0.25, 0.3) is 0 Å². The molecule has 0 saturated heterocycles. The van der Waals surface area contributed by atoms with Crippen molar-refractivity contribution in [1.82, 2.24) is 10.6 Å². The number of rotatable bonds is 7. The lowest BCUT2D eigenvalue weighted by molar-refractivity contribution is -0.120. The summed E-state index contributed by atoms with van der Waals surface area (Å²) in [6.45, 7) is 11.9. The number of hydrogen-bond donors (Lipinski definition) is 2. The van der Waals surface area contributed by atoms with E-state index in [0.717, 1.165) is 13.0 Å². The summed E-state index contributed by atoms with van der Waals surface area (Å²) in [5.41, 5.74) is 0. The number of nitrogens with one attached hydrogen (secondary N) is 2. The maximum absolute atomic E-state index is 11.4. The molecule has 0 bridgehead atoms. The van der Waals surface area contributed by atoms with E-state index in [-0.39, 0.29) is 5.91 Å². The number of hydrogen-bond acceptors (Lipinski definition) is 2. The molecular weight excluding hydrogens is 188 g/mol. The molecule has 1 unspecified atom stereocenters. The minimum Gasteiger partial charge on any atom is -0.355 e. The molecule has 0 saturated carbocycles. The van der Waals surface area contributed by atoms with Gasteiger partial charge in [0.05, 0.1) is 6.54 Å². The summed E-state index contributed by atoms with van der Waals surface area (Å²) in [6, 6.07) is 0.390. The highest BCUT2D eigenvalue weighted by atomic mass is 16.1. The highest BCUT2D eigenvalue weighted by Crippen LogP contribution is 1.99. The molecule has 0 aliphatic heterocycles. The monoisotopic (exact) mass is 214 g/mol.